The third kappa shape index (κ3) is 4.54. The van der Waals surface area contributed by atoms with Gasteiger partial charge in [0.25, 0.3) is 5.69 Å². The summed E-state index contributed by atoms with van der Waals surface area (Å²) < 4.78 is 5.80. The zero-order valence-electron chi connectivity index (χ0n) is 12.0. The summed E-state index contributed by atoms with van der Waals surface area (Å²) >= 11 is 1.63. The fourth-order valence-electron chi connectivity index (χ4n) is 1.82. The molecule has 0 unspecified atom stereocenters. The molecule has 1 aromatic heterocycles. The predicted octanol–water partition coefficient (Wildman–Crippen LogP) is 3.73. The van der Waals surface area contributed by atoms with Crippen LogP contribution in [0.5, 0.6) is 5.75 Å². The van der Waals surface area contributed by atoms with Crippen molar-refractivity contribution in [2.24, 2.45) is 0 Å². The van der Waals surface area contributed by atoms with E-state index < -0.39 is 0 Å². The van der Waals surface area contributed by atoms with E-state index in [-0.39, 0.29) is 10.6 Å². The van der Waals surface area contributed by atoms with Gasteiger partial charge in [-0.05, 0) is 17.5 Å². The van der Waals surface area contributed by atoms with Crippen molar-refractivity contribution in [3.63, 3.8) is 0 Å². The van der Waals surface area contributed by atoms with E-state index in [9.17, 15) is 10.1 Å². The highest BCUT2D eigenvalue weighted by atomic mass is 32.1. The van der Waals surface area contributed by atoms with Gasteiger partial charge in [0.05, 0.1) is 4.92 Å². The molecule has 0 saturated carbocycles. The maximum atomic E-state index is 10.9. The van der Waals surface area contributed by atoms with E-state index in [4.69, 9.17) is 4.74 Å². The summed E-state index contributed by atoms with van der Waals surface area (Å²) in [7, 11) is 0. The Kier molecular flexibility index (Phi) is 5.30. The third-order valence-corrected chi connectivity index (χ3v) is 3.76. The van der Waals surface area contributed by atoms with Gasteiger partial charge in [-0.2, -0.15) is 0 Å². The van der Waals surface area contributed by atoms with E-state index in [1.807, 2.05) is 31.4 Å². The Balaban J connectivity index is 2.15. The quantitative estimate of drug-likeness (QED) is 0.625. The number of hydrogen-bond donors (Lipinski definition) is 1. The van der Waals surface area contributed by atoms with Gasteiger partial charge in [0, 0.05) is 35.2 Å². The normalized spacial score (nSPS) is 10.8. The average Bonchev–Trinajstić information content (AvgIpc) is 2.96. The van der Waals surface area contributed by atoms with Crippen LogP contribution in [0.15, 0.2) is 35.7 Å². The van der Waals surface area contributed by atoms with E-state index in [1.165, 1.54) is 6.07 Å². The predicted molar refractivity (Wildman–Crippen MR) is 83.7 cm³/mol. The maximum Gasteiger partial charge on any atom is 0.270 e. The lowest BCUT2D eigenvalue weighted by Gasteiger charge is -2.13. The fraction of sp³-hybridized carbons (Fsp3) is 0.333. The number of thiophene rings is 1. The van der Waals surface area contributed by atoms with Gasteiger partial charge in [0.2, 0.25) is 0 Å². The number of benzene rings is 1. The van der Waals surface area contributed by atoms with Crippen LogP contribution in [0.3, 0.4) is 0 Å². The number of nitro groups is 1. The molecular weight excluding hydrogens is 288 g/mol. The van der Waals surface area contributed by atoms with E-state index in [0.717, 1.165) is 10.4 Å². The number of ether oxygens (including phenoxy) is 1. The van der Waals surface area contributed by atoms with Crippen LogP contribution >= 0.6 is 11.3 Å². The summed E-state index contributed by atoms with van der Waals surface area (Å²) in [6.07, 6.45) is 0. The van der Waals surface area contributed by atoms with E-state index in [2.05, 4.69) is 5.32 Å². The molecule has 0 aliphatic carbocycles. The van der Waals surface area contributed by atoms with Crippen LogP contribution in [0.4, 0.5) is 5.69 Å². The molecule has 2 aromatic rings. The van der Waals surface area contributed by atoms with E-state index in [1.54, 1.807) is 23.5 Å². The number of nitrogens with zero attached hydrogens (tertiary/aromatic N) is 1. The van der Waals surface area contributed by atoms with E-state index >= 15 is 0 Å². The average molecular weight is 306 g/mol. The fourth-order valence-corrected chi connectivity index (χ4v) is 2.43. The molecule has 21 heavy (non-hydrogen) atoms. The summed E-state index contributed by atoms with van der Waals surface area (Å²) in [5.41, 5.74) is 0.883. The topological polar surface area (TPSA) is 64.4 Å². The second-order valence-corrected chi connectivity index (χ2v) is 5.99. The molecule has 0 aliphatic heterocycles. The molecule has 1 heterocycles. The Hall–Kier alpha value is -1.92. The maximum absolute atomic E-state index is 10.9. The van der Waals surface area contributed by atoms with Gasteiger partial charge in [0.15, 0.2) is 0 Å². The van der Waals surface area contributed by atoms with Crippen molar-refractivity contribution in [1.29, 1.82) is 0 Å². The zero-order chi connectivity index (χ0) is 15.2. The first-order valence-corrected chi connectivity index (χ1v) is 7.60. The van der Waals surface area contributed by atoms with E-state index in [0.29, 0.717) is 24.9 Å². The molecule has 1 aromatic carbocycles. The summed E-state index contributed by atoms with van der Waals surface area (Å²) in [6, 6.07) is 8.99. The Bertz CT molecular complexity index is 597. The lowest BCUT2D eigenvalue weighted by atomic mass is 10.1. The molecule has 2 rings (SSSR count). The first-order chi connectivity index (χ1) is 10.1. The Labute approximate surface area is 127 Å². The molecule has 0 atom stereocenters. The number of non-ortho nitro benzene ring substituents is 1. The standard InChI is InChI=1S/C15H18N2O3S/c1-11(2)16-9-12-8-13(17(18)19)5-6-15(12)20-10-14-4-3-7-21-14/h3-8,11,16H,9-10H2,1-2H3. The number of hydrogen-bond acceptors (Lipinski definition) is 5. The number of nitro benzene ring substituents is 1. The molecular formula is C15H18N2O3S. The van der Waals surface area contributed by atoms with Gasteiger partial charge >= 0.3 is 0 Å². The summed E-state index contributed by atoms with van der Waals surface area (Å²) in [4.78, 5) is 11.6. The SMILES string of the molecule is CC(C)NCc1cc([N+](=O)[O-])ccc1OCc1cccs1. The van der Waals surface area contributed by atoms with Crippen molar-refractivity contribution in [2.75, 3.05) is 0 Å². The highest BCUT2D eigenvalue weighted by Crippen LogP contribution is 2.25. The van der Waals surface area contributed by atoms with Crippen LogP contribution < -0.4 is 10.1 Å². The van der Waals surface area contributed by atoms with Gasteiger partial charge in [0.1, 0.15) is 12.4 Å². The molecule has 0 saturated heterocycles. The van der Waals surface area contributed by atoms with Gasteiger partial charge in [-0.15, -0.1) is 11.3 Å². The molecule has 6 heteroatoms. The monoisotopic (exact) mass is 306 g/mol. The second kappa shape index (κ2) is 7.19. The Morgan fingerprint density at radius 3 is 2.81 bits per heavy atom. The first-order valence-electron chi connectivity index (χ1n) is 6.72. The van der Waals surface area contributed by atoms with Gasteiger partial charge in [-0.25, -0.2) is 0 Å². The van der Waals surface area contributed by atoms with Crippen molar-refractivity contribution in [3.05, 3.63) is 56.3 Å². The minimum Gasteiger partial charge on any atom is -0.488 e. The smallest absolute Gasteiger partial charge is 0.270 e. The molecule has 5 nitrogen and oxygen atoms in total. The van der Waals surface area contributed by atoms with Crippen LogP contribution in [-0.4, -0.2) is 11.0 Å². The third-order valence-electron chi connectivity index (χ3n) is 2.91. The van der Waals surface area contributed by atoms with Gasteiger partial charge in [-0.1, -0.05) is 19.9 Å². The second-order valence-electron chi connectivity index (χ2n) is 4.95. The minimum atomic E-state index is -0.387. The molecule has 0 aliphatic rings. The number of nitrogens with one attached hydrogen (secondary N) is 1. The molecule has 1 N–H and O–H groups in total. The number of rotatable bonds is 7. The molecule has 0 amide bonds. The molecule has 112 valence electrons. The van der Waals surface area contributed by atoms with Gasteiger partial charge < -0.3 is 10.1 Å². The zero-order valence-corrected chi connectivity index (χ0v) is 12.9. The summed E-state index contributed by atoms with van der Waals surface area (Å²) in [5.74, 6) is 0.683. The molecule has 0 fully saturated rings. The van der Waals surface area contributed by atoms with Crippen molar-refractivity contribution in [2.45, 2.75) is 33.0 Å². The van der Waals surface area contributed by atoms with Crippen LogP contribution in [0.1, 0.15) is 24.3 Å². The first kappa shape index (κ1) is 15.5. The van der Waals surface area contributed by atoms with Crippen LogP contribution in [0, 0.1) is 10.1 Å². The summed E-state index contributed by atoms with van der Waals surface area (Å²) in [6.45, 7) is 5.08. The lowest BCUT2D eigenvalue weighted by Crippen LogP contribution is -2.22. The van der Waals surface area contributed by atoms with Crippen LogP contribution in [0.25, 0.3) is 0 Å². The highest BCUT2D eigenvalue weighted by molar-refractivity contribution is 7.09. The van der Waals surface area contributed by atoms with Gasteiger partial charge in [-0.3, -0.25) is 10.1 Å². The Morgan fingerprint density at radius 2 is 2.19 bits per heavy atom. The highest BCUT2D eigenvalue weighted by Gasteiger charge is 2.12. The Morgan fingerprint density at radius 1 is 1.38 bits per heavy atom. The van der Waals surface area contributed by atoms with Crippen molar-refractivity contribution < 1.29 is 9.66 Å². The molecule has 0 spiro atoms. The van der Waals surface area contributed by atoms with Crippen molar-refractivity contribution >= 4 is 17.0 Å². The minimum absolute atomic E-state index is 0.0824. The molecule has 0 bridgehead atoms. The largest absolute Gasteiger partial charge is 0.488 e. The van der Waals surface area contributed by atoms with Crippen LogP contribution in [0.2, 0.25) is 0 Å². The van der Waals surface area contributed by atoms with Crippen LogP contribution in [-0.2, 0) is 13.2 Å². The summed E-state index contributed by atoms with van der Waals surface area (Å²) in [5, 5.41) is 16.2. The van der Waals surface area contributed by atoms with Crippen molar-refractivity contribution in [3.8, 4) is 5.75 Å². The lowest BCUT2D eigenvalue weighted by molar-refractivity contribution is -0.384. The van der Waals surface area contributed by atoms with Crippen molar-refractivity contribution in [1.82, 2.24) is 5.32 Å². The molecule has 0 radical (unpaired) electrons.